The van der Waals surface area contributed by atoms with Crippen molar-refractivity contribution in [2.45, 2.75) is 18.8 Å². The molecule has 0 N–H and O–H groups in total. The molecule has 4 heteroatoms. The van der Waals surface area contributed by atoms with Crippen LogP contribution in [0.5, 0.6) is 0 Å². The number of fused-ring (bicyclic) bond motifs is 1. The Morgan fingerprint density at radius 1 is 0.926 bits per heavy atom. The zero-order chi connectivity index (χ0) is 19.0. The second-order valence-electron chi connectivity index (χ2n) is 6.78. The molecule has 1 heterocycles. The fourth-order valence-corrected chi connectivity index (χ4v) is 4.20. The maximum Gasteiger partial charge on any atom is 0.247 e. The molecule has 1 aliphatic heterocycles. The number of hydrogen-bond donors (Lipinski definition) is 0. The van der Waals surface area contributed by atoms with Crippen molar-refractivity contribution in [3.63, 3.8) is 0 Å². The topological polar surface area (TPSA) is 37.4 Å². The third-order valence-electron chi connectivity index (χ3n) is 5.04. The molecule has 0 bridgehead atoms. The van der Waals surface area contributed by atoms with Crippen LogP contribution in [0.15, 0.2) is 83.3 Å². The minimum atomic E-state index is -1.01. The van der Waals surface area contributed by atoms with Gasteiger partial charge in [0.15, 0.2) is 0 Å². The van der Waals surface area contributed by atoms with E-state index in [2.05, 4.69) is 15.9 Å². The lowest BCUT2D eigenvalue weighted by atomic mass is 9.72. The van der Waals surface area contributed by atoms with Crippen molar-refractivity contribution in [2.24, 2.45) is 0 Å². The van der Waals surface area contributed by atoms with Crippen molar-refractivity contribution in [1.82, 2.24) is 0 Å². The highest BCUT2D eigenvalue weighted by Crippen LogP contribution is 2.51. The van der Waals surface area contributed by atoms with Gasteiger partial charge in [-0.3, -0.25) is 14.5 Å². The number of halogens is 1. The average Bonchev–Trinajstić information content (AvgIpc) is 2.92. The van der Waals surface area contributed by atoms with Crippen LogP contribution in [0.25, 0.3) is 0 Å². The summed E-state index contributed by atoms with van der Waals surface area (Å²) in [6, 6.07) is 25.0. The average molecular weight is 420 g/mol. The normalized spacial score (nSPS) is 18.4. The Labute approximate surface area is 166 Å². The molecule has 27 heavy (non-hydrogen) atoms. The van der Waals surface area contributed by atoms with Crippen LogP contribution in [0, 0.1) is 0 Å². The van der Waals surface area contributed by atoms with Crippen LogP contribution in [0.1, 0.15) is 24.5 Å². The fraction of sp³-hybridized carbons (Fsp3) is 0.130. The molecule has 3 aromatic carbocycles. The van der Waals surface area contributed by atoms with Crippen LogP contribution in [-0.4, -0.2) is 11.7 Å². The fourth-order valence-electron chi connectivity index (χ4n) is 3.94. The number of benzene rings is 3. The van der Waals surface area contributed by atoms with E-state index in [1.54, 1.807) is 11.8 Å². The summed E-state index contributed by atoms with van der Waals surface area (Å²) in [5, 5.41) is 0. The summed E-state index contributed by atoms with van der Waals surface area (Å²) in [5.74, 6) is -0.108. The van der Waals surface area contributed by atoms with Gasteiger partial charge in [0.25, 0.3) is 0 Å². The van der Waals surface area contributed by atoms with Gasteiger partial charge >= 0.3 is 0 Å². The van der Waals surface area contributed by atoms with Gasteiger partial charge in [-0.1, -0.05) is 64.5 Å². The van der Waals surface area contributed by atoms with Gasteiger partial charge in [-0.2, -0.15) is 0 Å². The van der Waals surface area contributed by atoms with Crippen LogP contribution in [-0.2, 0) is 15.0 Å². The summed E-state index contributed by atoms with van der Waals surface area (Å²) < 4.78 is 0.933. The van der Waals surface area contributed by atoms with Gasteiger partial charge in [0, 0.05) is 16.6 Å². The molecule has 0 saturated carbocycles. The summed E-state index contributed by atoms with van der Waals surface area (Å²) in [7, 11) is 0. The summed E-state index contributed by atoms with van der Waals surface area (Å²) in [4.78, 5) is 27.9. The minimum absolute atomic E-state index is 0.0176. The number of para-hydroxylation sites is 2. The van der Waals surface area contributed by atoms with Crippen molar-refractivity contribution in [3.8, 4) is 0 Å². The maximum atomic E-state index is 13.9. The standard InChI is InChI=1S/C23H18BrNO2/c1-16(26)15-23(17-11-13-18(24)14-12-17)20-9-5-6-10-21(20)25(22(23)27)19-7-3-2-4-8-19/h2-14H,15H2,1H3. The van der Waals surface area contributed by atoms with E-state index in [0.717, 1.165) is 27.0 Å². The van der Waals surface area contributed by atoms with E-state index in [4.69, 9.17) is 0 Å². The van der Waals surface area contributed by atoms with Crippen LogP contribution < -0.4 is 4.90 Å². The number of ketones is 1. The molecule has 0 fully saturated rings. The summed E-state index contributed by atoms with van der Waals surface area (Å²) in [6.45, 7) is 1.54. The molecule has 1 atom stereocenters. The number of Topliss-reactive ketones (excluding diaryl/α,β-unsaturated/α-hetero) is 1. The smallest absolute Gasteiger partial charge is 0.247 e. The van der Waals surface area contributed by atoms with Gasteiger partial charge < -0.3 is 0 Å². The number of nitrogens with zero attached hydrogens (tertiary/aromatic N) is 1. The lowest BCUT2D eigenvalue weighted by Crippen LogP contribution is -2.40. The Balaban J connectivity index is 2.00. The molecule has 0 aliphatic carbocycles. The zero-order valence-electron chi connectivity index (χ0n) is 14.9. The van der Waals surface area contributed by atoms with Crippen molar-refractivity contribution in [1.29, 1.82) is 0 Å². The van der Waals surface area contributed by atoms with Crippen molar-refractivity contribution in [2.75, 3.05) is 4.90 Å². The maximum absolute atomic E-state index is 13.9. The number of rotatable bonds is 4. The minimum Gasteiger partial charge on any atom is -0.300 e. The number of hydrogen-bond acceptors (Lipinski definition) is 2. The van der Waals surface area contributed by atoms with Gasteiger partial charge in [-0.25, -0.2) is 0 Å². The van der Waals surface area contributed by atoms with E-state index in [1.165, 1.54) is 0 Å². The van der Waals surface area contributed by atoms with Gasteiger partial charge in [0.1, 0.15) is 11.2 Å². The Hall–Kier alpha value is -2.72. The summed E-state index contributed by atoms with van der Waals surface area (Å²) in [6.07, 6.45) is 0.133. The van der Waals surface area contributed by atoms with Crippen LogP contribution in [0.3, 0.4) is 0 Å². The SMILES string of the molecule is CC(=O)CC1(c2ccc(Br)cc2)C(=O)N(c2ccccc2)c2ccccc21. The molecule has 134 valence electrons. The van der Waals surface area contributed by atoms with Gasteiger partial charge in [-0.05, 0) is 48.4 Å². The van der Waals surface area contributed by atoms with E-state index in [-0.39, 0.29) is 18.1 Å². The Kier molecular flexibility index (Phi) is 4.44. The molecular weight excluding hydrogens is 402 g/mol. The van der Waals surface area contributed by atoms with E-state index in [9.17, 15) is 9.59 Å². The van der Waals surface area contributed by atoms with E-state index < -0.39 is 5.41 Å². The van der Waals surface area contributed by atoms with Crippen LogP contribution in [0.2, 0.25) is 0 Å². The zero-order valence-corrected chi connectivity index (χ0v) is 16.4. The van der Waals surface area contributed by atoms with Gasteiger partial charge in [-0.15, -0.1) is 0 Å². The highest BCUT2D eigenvalue weighted by molar-refractivity contribution is 9.10. The van der Waals surface area contributed by atoms with Gasteiger partial charge in [0.2, 0.25) is 5.91 Å². The predicted molar refractivity (Wildman–Crippen MR) is 110 cm³/mol. The second kappa shape index (κ2) is 6.78. The van der Waals surface area contributed by atoms with Crippen molar-refractivity contribution < 1.29 is 9.59 Å². The third-order valence-corrected chi connectivity index (χ3v) is 5.57. The summed E-state index contributed by atoms with van der Waals surface area (Å²) in [5.41, 5.74) is 2.32. The third kappa shape index (κ3) is 2.81. The first-order valence-electron chi connectivity index (χ1n) is 8.78. The van der Waals surface area contributed by atoms with Crippen molar-refractivity contribution >= 4 is 39.0 Å². The first-order valence-corrected chi connectivity index (χ1v) is 9.58. The quantitative estimate of drug-likeness (QED) is 0.568. The Morgan fingerprint density at radius 2 is 1.56 bits per heavy atom. The highest BCUT2D eigenvalue weighted by atomic mass is 79.9. The van der Waals surface area contributed by atoms with E-state index in [1.807, 2.05) is 78.9 Å². The van der Waals surface area contributed by atoms with Crippen LogP contribution >= 0.6 is 15.9 Å². The second-order valence-corrected chi connectivity index (χ2v) is 7.70. The molecule has 4 rings (SSSR count). The first kappa shape index (κ1) is 17.7. The molecule has 0 aromatic heterocycles. The predicted octanol–water partition coefficient (Wildman–Crippen LogP) is 5.39. The first-order chi connectivity index (χ1) is 13.0. The number of amides is 1. The molecule has 1 unspecified atom stereocenters. The molecule has 0 spiro atoms. The Morgan fingerprint density at radius 3 is 2.22 bits per heavy atom. The van der Waals surface area contributed by atoms with E-state index in [0.29, 0.717) is 0 Å². The number of anilines is 2. The Bertz CT molecular complexity index is 1010. The molecule has 1 aliphatic rings. The van der Waals surface area contributed by atoms with E-state index >= 15 is 0 Å². The number of carbonyl (C=O) groups is 2. The number of carbonyl (C=O) groups excluding carboxylic acids is 2. The monoisotopic (exact) mass is 419 g/mol. The molecule has 0 saturated heterocycles. The largest absolute Gasteiger partial charge is 0.300 e. The lowest BCUT2D eigenvalue weighted by molar-refractivity contribution is -0.126. The van der Waals surface area contributed by atoms with Crippen molar-refractivity contribution in [3.05, 3.63) is 94.5 Å². The molecule has 0 radical (unpaired) electrons. The summed E-state index contributed by atoms with van der Waals surface area (Å²) >= 11 is 3.46. The van der Waals surface area contributed by atoms with Gasteiger partial charge in [0.05, 0.1) is 5.69 Å². The molecular formula is C23H18BrNO2. The lowest BCUT2D eigenvalue weighted by Gasteiger charge is -2.29. The molecule has 3 nitrogen and oxygen atoms in total. The highest BCUT2D eigenvalue weighted by Gasteiger charge is 2.53. The van der Waals surface area contributed by atoms with Crippen LogP contribution in [0.4, 0.5) is 11.4 Å². The molecule has 1 amide bonds. The molecule has 3 aromatic rings.